The average molecular weight is 433 g/mol. The van der Waals surface area contributed by atoms with Crippen molar-refractivity contribution in [3.63, 3.8) is 0 Å². The van der Waals surface area contributed by atoms with Crippen LogP contribution in [0.2, 0.25) is 0 Å². The summed E-state index contributed by atoms with van der Waals surface area (Å²) in [4.78, 5) is 22.0. The first-order valence-corrected chi connectivity index (χ1v) is 10.8. The Morgan fingerprint density at radius 3 is 2.44 bits per heavy atom. The molecule has 1 aliphatic heterocycles. The molecule has 1 unspecified atom stereocenters. The van der Waals surface area contributed by atoms with Crippen LogP contribution >= 0.6 is 0 Å². The minimum atomic E-state index is -0.350. The predicted octanol–water partition coefficient (Wildman–Crippen LogP) is 3.35. The number of methoxy groups -OCH3 is 1. The third-order valence-corrected chi connectivity index (χ3v) is 5.93. The SMILES string of the molecule is COc1ccc(C(C#N)N2CCN(C(=O)c3cc(C)nc4c3cnn4C(C)C)CC2)cc1. The molecule has 2 aromatic heterocycles. The summed E-state index contributed by atoms with van der Waals surface area (Å²) in [6.45, 7) is 8.39. The average Bonchev–Trinajstić information content (AvgIpc) is 3.23. The first-order chi connectivity index (χ1) is 15.4. The van der Waals surface area contributed by atoms with Crippen LogP contribution < -0.4 is 4.74 Å². The number of aromatic nitrogens is 3. The van der Waals surface area contributed by atoms with E-state index in [-0.39, 0.29) is 18.0 Å². The molecule has 1 atom stereocenters. The van der Waals surface area contributed by atoms with Crippen molar-refractivity contribution in [1.82, 2.24) is 24.6 Å². The number of hydrogen-bond acceptors (Lipinski definition) is 6. The van der Waals surface area contributed by atoms with Crippen LogP contribution in [0.15, 0.2) is 36.5 Å². The highest BCUT2D eigenvalue weighted by Crippen LogP contribution is 2.26. The number of aryl methyl sites for hydroxylation is 1. The van der Waals surface area contributed by atoms with Crippen molar-refractivity contribution >= 4 is 16.9 Å². The lowest BCUT2D eigenvalue weighted by Gasteiger charge is -2.37. The van der Waals surface area contributed by atoms with Crippen molar-refractivity contribution in [2.45, 2.75) is 32.9 Å². The molecule has 0 saturated carbocycles. The fourth-order valence-corrected chi connectivity index (χ4v) is 4.20. The molecule has 0 bridgehead atoms. The van der Waals surface area contributed by atoms with Crippen LogP contribution in [0.4, 0.5) is 0 Å². The molecule has 3 aromatic rings. The number of piperazine rings is 1. The second-order valence-corrected chi connectivity index (χ2v) is 8.36. The van der Waals surface area contributed by atoms with Gasteiger partial charge < -0.3 is 9.64 Å². The van der Waals surface area contributed by atoms with Gasteiger partial charge in [0.2, 0.25) is 0 Å². The van der Waals surface area contributed by atoms with Crippen molar-refractivity contribution in [3.05, 3.63) is 53.3 Å². The minimum Gasteiger partial charge on any atom is -0.497 e. The van der Waals surface area contributed by atoms with E-state index in [0.29, 0.717) is 31.7 Å². The lowest BCUT2D eigenvalue weighted by atomic mass is 10.0. The van der Waals surface area contributed by atoms with E-state index < -0.39 is 0 Å². The number of hydrogen-bond donors (Lipinski definition) is 0. The molecule has 0 spiro atoms. The number of ether oxygens (including phenoxy) is 1. The first-order valence-electron chi connectivity index (χ1n) is 10.8. The number of fused-ring (bicyclic) bond motifs is 1. The fraction of sp³-hybridized carbons (Fsp3) is 0.417. The smallest absolute Gasteiger partial charge is 0.254 e. The number of nitriles is 1. The number of carbonyl (C=O) groups is 1. The van der Waals surface area contributed by atoms with Crippen LogP contribution in [0.5, 0.6) is 5.75 Å². The van der Waals surface area contributed by atoms with Gasteiger partial charge in [-0.3, -0.25) is 9.69 Å². The number of pyridine rings is 1. The number of carbonyl (C=O) groups excluding carboxylic acids is 1. The predicted molar refractivity (Wildman–Crippen MR) is 121 cm³/mol. The van der Waals surface area contributed by atoms with Crippen LogP contribution in [0.1, 0.15) is 47.5 Å². The molecule has 0 N–H and O–H groups in total. The van der Waals surface area contributed by atoms with E-state index in [1.165, 1.54) is 0 Å². The van der Waals surface area contributed by atoms with Crippen LogP contribution in [0.25, 0.3) is 11.0 Å². The Balaban J connectivity index is 1.51. The Hall–Kier alpha value is -3.44. The fourth-order valence-electron chi connectivity index (χ4n) is 4.20. The van der Waals surface area contributed by atoms with Crippen LogP contribution in [0, 0.1) is 18.3 Å². The molecular formula is C24H28N6O2. The van der Waals surface area contributed by atoms with Gasteiger partial charge in [-0.25, -0.2) is 9.67 Å². The molecule has 8 nitrogen and oxygen atoms in total. The van der Waals surface area contributed by atoms with E-state index in [9.17, 15) is 10.1 Å². The van der Waals surface area contributed by atoms with Crippen molar-refractivity contribution in [2.24, 2.45) is 0 Å². The molecule has 0 radical (unpaired) electrons. The highest BCUT2D eigenvalue weighted by Gasteiger charge is 2.29. The summed E-state index contributed by atoms with van der Waals surface area (Å²) in [7, 11) is 1.62. The van der Waals surface area contributed by atoms with Crippen molar-refractivity contribution in [1.29, 1.82) is 5.26 Å². The summed E-state index contributed by atoms with van der Waals surface area (Å²) in [5.41, 5.74) is 3.11. The highest BCUT2D eigenvalue weighted by molar-refractivity contribution is 6.05. The Labute approximate surface area is 188 Å². The van der Waals surface area contributed by atoms with Gasteiger partial charge in [0.15, 0.2) is 5.65 Å². The van der Waals surface area contributed by atoms with E-state index in [2.05, 4.69) is 21.1 Å². The molecule has 1 aromatic carbocycles. The molecule has 4 rings (SSSR count). The maximum absolute atomic E-state index is 13.4. The second-order valence-electron chi connectivity index (χ2n) is 8.36. The van der Waals surface area contributed by atoms with Gasteiger partial charge in [0.05, 0.1) is 30.3 Å². The van der Waals surface area contributed by atoms with Gasteiger partial charge in [0.25, 0.3) is 5.91 Å². The van der Waals surface area contributed by atoms with Crippen molar-refractivity contribution in [3.8, 4) is 11.8 Å². The van der Waals surface area contributed by atoms with Gasteiger partial charge in [0, 0.05) is 37.9 Å². The number of rotatable bonds is 5. The lowest BCUT2D eigenvalue weighted by molar-refractivity contribution is 0.0608. The molecular weight excluding hydrogens is 404 g/mol. The zero-order valence-corrected chi connectivity index (χ0v) is 18.9. The van der Waals surface area contributed by atoms with E-state index >= 15 is 0 Å². The Morgan fingerprint density at radius 2 is 1.84 bits per heavy atom. The molecule has 1 fully saturated rings. The standard InChI is InChI=1S/C24H28N6O2/c1-16(2)30-23-21(15-26-30)20(13-17(3)27-23)24(31)29-11-9-28(10-12-29)22(14-25)18-5-7-19(32-4)8-6-18/h5-8,13,15-16,22H,9-12H2,1-4H3. The molecule has 32 heavy (non-hydrogen) atoms. The number of nitrogens with zero attached hydrogens (tertiary/aromatic N) is 6. The largest absolute Gasteiger partial charge is 0.497 e. The van der Waals surface area contributed by atoms with Crippen molar-refractivity contribution < 1.29 is 9.53 Å². The third kappa shape index (κ3) is 4.04. The number of amides is 1. The Bertz CT molecular complexity index is 1150. The van der Waals surface area contributed by atoms with Gasteiger partial charge >= 0.3 is 0 Å². The quantitative estimate of drug-likeness (QED) is 0.614. The van der Waals surface area contributed by atoms with E-state index in [1.807, 2.05) is 60.7 Å². The monoisotopic (exact) mass is 432 g/mol. The van der Waals surface area contributed by atoms with Crippen molar-refractivity contribution in [2.75, 3.05) is 33.3 Å². The molecule has 166 valence electrons. The summed E-state index contributed by atoms with van der Waals surface area (Å²) >= 11 is 0. The molecule has 0 aliphatic carbocycles. The highest BCUT2D eigenvalue weighted by atomic mass is 16.5. The first kappa shape index (κ1) is 21.8. The van der Waals surface area contributed by atoms with Gasteiger partial charge in [-0.05, 0) is 44.5 Å². The van der Waals surface area contributed by atoms with Crippen LogP contribution in [-0.2, 0) is 0 Å². The lowest BCUT2D eigenvalue weighted by Crippen LogP contribution is -2.49. The maximum Gasteiger partial charge on any atom is 0.254 e. The number of benzene rings is 1. The molecule has 1 aliphatic rings. The zero-order chi connectivity index (χ0) is 22.8. The van der Waals surface area contributed by atoms with Gasteiger partial charge in [-0.1, -0.05) is 12.1 Å². The zero-order valence-electron chi connectivity index (χ0n) is 18.9. The normalized spacial score (nSPS) is 15.7. The van der Waals surface area contributed by atoms with E-state index in [0.717, 1.165) is 28.0 Å². The topological polar surface area (TPSA) is 87.3 Å². The Morgan fingerprint density at radius 1 is 1.16 bits per heavy atom. The minimum absolute atomic E-state index is 0.0126. The molecule has 1 saturated heterocycles. The van der Waals surface area contributed by atoms with Gasteiger partial charge in [0.1, 0.15) is 11.8 Å². The van der Waals surface area contributed by atoms with E-state index in [1.54, 1.807) is 13.3 Å². The summed E-state index contributed by atoms with van der Waals surface area (Å²) in [6, 6.07) is 11.7. The summed E-state index contributed by atoms with van der Waals surface area (Å²) in [5, 5.41) is 15.0. The summed E-state index contributed by atoms with van der Waals surface area (Å²) < 4.78 is 7.06. The Kier molecular flexibility index (Phi) is 6.10. The van der Waals surface area contributed by atoms with Gasteiger partial charge in [-0.15, -0.1) is 0 Å². The maximum atomic E-state index is 13.4. The van der Waals surface area contributed by atoms with Gasteiger partial charge in [-0.2, -0.15) is 10.4 Å². The third-order valence-electron chi connectivity index (χ3n) is 5.93. The second kappa shape index (κ2) is 8.97. The molecule has 3 heterocycles. The summed E-state index contributed by atoms with van der Waals surface area (Å²) in [6.07, 6.45) is 1.74. The molecule has 8 heteroatoms. The van der Waals surface area contributed by atoms with E-state index in [4.69, 9.17) is 4.74 Å². The molecule has 1 amide bonds. The van der Waals surface area contributed by atoms with Crippen LogP contribution in [0.3, 0.4) is 0 Å². The summed E-state index contributed by atoms with van der Waals surface area (Å²) in [5.74, 6) is 0.752. The van der Waals surface area contributed by atoms with Crippen LogP contribution in [-0.4, -0.2) is 63.8 Å².